The molecular formula is C19H27FN4O2. The number of fused-ring (bicyclic) bond motifs is 1. The fourth-order valence-corrected chi connectivity index (χ4v) is 3.13. The Bertz CT molecular complexity index is 725. The summed E-state index contributed by atoms with van der Waals surface area (Å²) >= 11 is 0. The Morgan fingerprint density at radius 2 is 2.27 bits per heavy atom. The van der Waals surface area contributed by atoms with Crippen molar-refractivity contribution in [2.75, 3.05) is 40.0 Å². The number of nitrogens with one attached hydrogen (secondary N) is 3. The number of guanidine groups is 1. The van der Waals surface area contributed by atoms with Gasteiger partial charge in [0.25, 0.3) is 0 Å². The quantitative estimate of drug-likeness (QED) is 0.383. The Balaban J connectivity index is 1.35. The molecule has 1 unspecified atom stereocenters. The van der Waals surface area contributed by atoms with Crippen LogP contribution in [-0.2, 0) is 15.9 Å². The molecule has 0 amide bonds. The summed E-state index contributed by atoms with van der Waals surface area (Å²) in [5, 5.41) is 7.42. The standard InChI is InChI=1S/C19H27FN4O2/c1-21-19(23-8-10-25-13-16-3-2-9-26-16)22-7-6-14-12-24-18-5-4-15(20)11-17(14)18/h4-5,11-12,16,24H,2-3,6-10,13H2,1H3,(H2,21,22,23). The number of aromatic amines is 1. The number of aromatic nitrogens is 1. The first-order chi connectivity index (χ1) is 12.8. The maximum atomic E-state index is 13.4. The summed E-state index contributed by atoms with van der Waals surface area (Å²) in [6, 6.07) is 4.80. The van der Waals surface area contributed by atoms with Crippen LogP contribution in [-0.4, -0.2) is 57.0 Å². The van der Waals surface area contributed by atoms with Crippen LogP contribution in [0.1, 0.15) is 18.4 Å². The van der Waals surface area contributed by atoms with Gasteiger partial charge in [-0.3, -0.25) is 4.99 Å². The molecule has 142 valence electrons. The third kappa shape index (κ3) is 5.19. The number of nitrogens with zero attached hydrogens (tertiary/aromatic N) is 1. The highest BCUT2D eigenvalue weighted by Gasteiger charge is 2.14. The Morgan fingerprint density at radius 3 is 3.08 bits per heavy atom. The van der Waals surface area contributed by atoms with Gasteiger partial charge < -0.3 is 25.1 Å². The van der Waals surface area contributed by atoms with Crippen LogP contribution in [0.25, 0.3) is 10.9 Å². The van der Waals surface area contributed by atoms with Gasteiger partial charge >= 0.3 is 0 Å². The van der Waals surface area contributed by atoms with E-state index in [-0.39, 0.29) is 11.9 Å². The summed E-state index contributed by atoms with van der Waals surface area (Å²) in [4.78, 5) is 7.38. The number of aliphatic imine (C=N–C) groups is 1. The van der Waals surface area contributed by atoms with E-state index in [0.29, 0.717) is 26.3 Å². The molecule has 26 heavy (non-hydrogen) atoms. The van der Waals surface area contributed by atoms with Gasteiger partial charge in [0.15, 0.2) is 5.96 Å². The minimum Gasteiger partial charge on any atom is -0.377 e. The van der Waals surface area contributed by atoms with Crippen molar-refractivity contribution in [3.63, 3.8) is 0 Å². The first-order valence-corrected chi connectivity index (χ1v) is 9.15. The molecule has 2 aromatic rings. The topological polar surface area (TPSA) is 70.7 Å². The summed E-state index contributed by atoms with van der Waals surface area (Å²) in [6.07, 6.45) is 5.19. The van der Waals surface area contributed by atoms with Crippen molar-refractivity contribution in [1.29, 1.82) is 0 Å². The molecule has 1 fully saturated rings. The Kier molecular flexibility index (Phi) is 6.85. The number of ether oxygens (including phenoxy) is 2. The van der Waals surface area contributed by atoms with E-state index in [9.17, 15) is 4.39 Å². The van der Waals surface area contributed by atoms with E-state index in [4.69, 9.17) is 9.47 Å². The monoisotopic (exact) mass is 362 g/mol. The lowest BCUT2D eigenvalue weighted by Crippen LogP contribution is -2.40. The highest BCUT2D eigenvalue weighted by Crippen LogP contribution is 2.19. The van der Waals surface area contributed by atoms with Crippen LogP contribution in [0, 0.1) is 5.82 Å². The lowest BCUT2D eigenvalue weighted by molar-refractivity contribution is 0.0191. The molecule has 1 aromatic carbocycles. The Labute approximate surface area is 153 Å². The van der Waals surface area contributed by atoms with Crippen molar-refractivity contribution in [2.45, 2.75) is 25.4 Å². The largest absolute Gasteiger partial charge is 0.377 e. The van der Waals surface area contributed by atoms with Gasteiger partial charge in [0, 0.05) is 43.8 Å². The van der Waals surface area contributed by atoms with Gasteiger partial charge in [0.05, 0.1) is 19.3 Å². The maximum Gasteiger partial charge on any atom is 0.191 e. The van der Waals surface area contributed by atoms with E-state index >= 15 is 0 Å². The predicted molar refractivity (Wildman–Crippen MR) is 101 cm³/mol. The predicted octanol–water partition coefficient (Wildman–Crippen LogP) is 2.21. The molecule has 1 aromatic heterocycles. The molecule has 0 bridgehead atoms. The minimum absolute atomic E-state index is 0.216. The number of benzene rings is 1. The fourth-order valence-electron chi connectivity index (χ4n) is 3.13. The van der Waals surface area contributed by atoms with E-state index in [1.54, 1.807) is 19.2 Å². The van der Waals surface area contributed by atoms with Gasteiger partial charge in [0.1, 0.15) is 5.82 Å². The molecule has 2 heterocycles. The second-order valence-corrected chi connectivity index (χ2v) is 6.39. The lowest BCUT2D eigenvalue weighted by Gasteiger charge is -2.13. The van der Waals surface area contributed by atoms with Crippen LogP contribution in [0.3, 0.4) is 0 Å². The van der Waals surface area contributed by atoms with Crippen LogP contribution in [0.5, 0.6) is 0 Å². The van der Waals surface area contributed by atoms with Crippen LogP contribution >= 0.6 is 0 Å². The van der Waals surface area contributed by atoms with Crippen LogP contribution in [0.2, 0.25) is 0 Å². The minimum atomic E-state index is -0.216. The second kappa shape index (κ2) is 9.54. The van der Waals surface area contributed by atoms with Crippen LogP contribution in [0.15, 0.2) is 29.4 Å². The summed E-state index contributed by atoms with van der Waals surface area (Å²) < 4.78 is 24.6. The molecule has 7 heteroatoms. The molecular weight excluding hydrogens is 335 g/mol. The molecule has 1 atom stereocenters. The summed E-state index contributed by atoms with van der Waals surface area (Å²) in [6.45, 7) is 3.52. The van der Waals surface area contributed by atoms with Gasteiger partial charge in [-0.1, -0.05) is 0 Å². The molecule has 1 aliphatic rings. The van der Waals surface area contributed by atoms with Gasteiger partial charge in [-0.2, -0.15) is 0 Å². The first kappa shape index (κ1) is 18.7. The van der Waals surface area contributed by atoms with Gasteiger partial charge in [-0.05, 0) is 43.0 Å². The van der Waals surface area contributed by atoms with E-state index in [2.05, 4.69) is 20.6 Å². The van der Waals surface area contributed by atoms with E-state index in [1.165, 1.54) is 6.07 Å². The molecule has 3 rings (SSSR count). The number of H-pyrrole nitrogens is 1. The number of hydrogen-bond acceptors (Lipinski definition) is 3. The average Bonchev–Trinajstić information content (AvgIpc) is 3.30. The zero-order valence-corrected chi connectivity index (χ0v) is 15.2. The molecule has 0 aliphatic carbocycles. The van der Waals surface area contributed by atoms with E-state index < -0.39 is 0 Å². The van der Waals surface area contributed by atoms with E-state index in [1.807, 2.05) is 6.20 Å². The van der Waals surface area contributed by atoms with Gasteiger partial charge in [0.2, 0.25) is 0 Å². The highest BCUT2D eigenvalue weighted by molar-refractivity contribution is 5.83. The van der Waals surface area contributed by atoms with Crippen molar-refractivity contribution in [3.05, 3.63) is 35.8 Å². The van der Waals surface area contributed by atoms with Crippen molar-refractivity contribution in [3.8, 4) is 0 Å². The average molecular weight is 362 g/mol. The molecule has 0 saturated carbocycles. The zero-order chi connectivity index (χ0) is 18.2. The van der Waals surface area contributed by atoms with Crippen LogP contribution < -0.4 is 10.6 Å². The number of rotatable bonds is 8. The Hall–Kier alpha value is -2.12. The zero-order valence-electron chi connectivity index (χ0n) is 15.2. The Morgan fingerprint density at radius 1 is 1.38 bits per heavy atom. The lowest BCUT2D eigenvalue weighted by atomic mass is 10.1. The van der Waals surface area contributed by atoms with Crippen molar-refractivity contribution >= 4 is 16.9 Å². The smallest absolute Gasteiger partial charge is 0.191 e. The normalized spacial score (nSPS) is 17.8. The van der Waals surface area contributed by atoms with Crippen molar-refractivity contribution in [2.24, 2.45) is 4.99 Å². The van der Waals surface area contributed by atoms with Crippen molar-refractivity contribution in [1.82, 2.24) is 15.6 Å². The summed E-state index contributed by atoms with van der Waals surface area (Å²) in [5.74, 6) is 0.517. The third-order valence-corrected chi connectivity index (χ3v) is 4.51. The first-order valence-electron chi connectivity index (χ1n) is 9.15. The SMILES string of the molecule is CN=C(NCCOCC1CCCO1)NCCc1c[nH]c2ccc(F)cc12. The van der Waals surface area contributed by atoms with Gasteiger partial charge in [-0.15, -0.1) is 0 Å². The fraction of sp³-hybridized carbons (Fsp3) is 0.526. The highest BCUT2D eigenvalue weighted by atomic mass is 19.1. The number of hydrogen-bond donors (Lipinski definition) is 3. The molecule has 0 spiro atoms. The van der Waals surface area contributed by atoms with Crippen LogP contribution in [0.4, 0.5) is 4.39 Å². The third-order valence-electron chi connectivity index (χ3n) is 4.51. The second-order valence-electron chi connectivity index (χ2n) is 6.39. The molecule has 1 saturated heterocycles. The number of halogens is 1. The summed E-state index contributed by atoms with van der Waals surface area (Å²) in [7, 11) is 1.74. The molecule has 0 radical (unpaired) electrons. The maximum absolute atomic E-state index is 13.4. The van der Waals surface area contributed by atoms with Crippen molar-refractivity contribution < 1.29 is 13.9 Å². The molecule has 3 N–H and O–H groups in total. The molecule has 1 aliphatic heterocycles. The van der Waals surface area contributed by atoms with Gasteiger partial charge in [-0.25, -0.2) is 4.39 Å². The van der Waals surface area contributed by atoms with E-state index in [0.717, 1.165) is 48.3 Å². The summed E-state index contributed by atoms with van der Waals surface area (Å²) in [5.41, 5.74) is 2.04. The molecule has 6 nitrogen and oxygen atoms in total.